The normalized spacial score (nSPS) is 11.0. The Morgan fingerprint density at radius 1 is 1.08 bits per heavy atom. The summed E-state index contributed by atoms with van der Waals surface area (Å²) in [4.78, 5) is 24.6. The minimum absolute atomic E-state index is 0.129. The van der Waals surface area contributed by atoms with Crippen LogP contribution in [-0.4, -0.2) is 31.2 Å². The highest BCUT2D eigenvalue weighted by atomic mass is 35.5. The van der Waals surface area contributed by atoms with Gasteiger partial charge in [-0.25, -0.2) is 9.82 Å². The van der Waals surface area contributed by atoms with Gasteiger partial charge in [-0.2, -0.15) is 5.10 Å². The minimum Gasteiger partial charge on any atom is -0.490 e. The van der Waals surface area contributed by atoms with Crippen molar-refractivity contribution in [3.8, 4) is 11.5 Å². The summed E-state index contributed by atoms with van der Waals surface area (Å²) in [5.74, 6) is -0.773. The van der Waals surface area contributed by atoms with Gasteiger partial charge in [0, 0.05) is 11.1 Å². The number of carbonyl (C=O) groups is 2. The van der Waals surface area contributed by atoms with Crippen molar-refractivity contribution in [3.05, 3.63) is 88.9 Å². The Labute approximate surface area is 210 Å². The van der Waals surface area contributed by atoms with Crippen LogP contribution in [0, 0.1) is 5.82 Å². The summed E-state index contributed by atoms with van der Waals surface area (Å²) in [5.41, 5.74) is 3.96. The first-order valence-electron chi connectivity index (χ1n) is 10.9. The van der Waals surface area contributed by atoms with E-state index < -0.39 is 17.6 Å². The Morgan fingerprint density at radius 2 is 1.86 bits per heavy atom. The zero-order valence-electron chi connectivity index (χ0n) is 19.1. The van der Waals surface area contributed by atoms with Crippen molar-refractivity contribution < 1.29 is 27.9 Å². The molecule has 36 heavy (non-hydrogen) atoms. The molecule has 0 aliphatic carbocycles. The van der Waals surface area contributed by atoms with Crippen molar-refractivity contribution in [2.75, 3.05) is 18.5 Å². The van der Waals surface area contributed by atoms with Gasteiger partial charge < -0.3 is 19.2 Å². The maximum atomic E-state index is 13.0. The van der Waals surface area contributed by atoms with Crippen LogP contribution in [0.15, 0.2) is 76.2 Å². The molecule has 0 atom stereocenters. The number of hydrogen-bond donors (Lipinski definition) is 2. The average molecular weight is 510 g/mol. The molecule has 8 nitrogen and oxygen atoms in total. The average Bonchev–Trinajstić information content (AvgIpc) is 3.30. The molecule has 0 aliphatic heterocycles. The molecule has 3 aromatic carbocycles. The number of anilines is 1. The summed E-state index contributed by atoms with van der Waals surface area (Å²) in [7, 11) is 0. The third-order valence-corrected chi connectivity index (χ3v) is 5.12. The molecule has 0 fully saturated rings. The minimum atomic E-state index is -0.509. The summed E-state index contributed by atoms with van der Waals surface area (Å²) in [6.45, 7) is 1.75. The molecule has 0 saturated heterocycles. The van der Waals surface area contributed by atoms with Crippen molar-refractivity contribution in [1.29, 1.82) is 0 Å². The van der Waals surface area contributed by atoms with E-state index in [1.54, 1.807) is 31.2 Å². The Balaban J connectivity index is 1.40. The number of para-hydroxylation sites is 1. The summed E-state index contributed by atoms with van der Waals surface area (Å²) < 4.78 is 29.7. The number of benzene rings is 3. The molecule has 184 valence electrons. The molecule has 4 rings (SSSR count). The number of hydrogen-bond acceptors (Lipinski definition) is 6. The van der Waals surface area contributed by atoms with Crippen LogP contribution >= 0.6 is 11.6 Å². The van der Waals surface area contributed by atoms with E-state index in [-0.39, 0.29) is 23.1 Å². The van der Waals surface area contributed by atoms with Gasteiger partial charge in [-0.1, -0.05) is 29.8 Å². The van der Waals surface area contributed by atoms with Crippen LogP contribution in [0.25, 0.3) is 11.0 Å². The Bertz CT molecular complexity index is 1390. The molecular formula is C26H21ClFN3O5. The first-order valence-corrected chi connectivity index (χ1v) is 11.3. The first-order chi connectivity index (χ1) is 17.4. The molecule has 0 aliphatic rings. The number of rotatable bonds is 9. The number of fused-ring (bicyclic) bond motifs is 1. The van der Waals surface area contributed by atoms with Crippen LogP contribution in [0.1, 0.15) is 23.0 Å². The monoisotopic (exact) mass is 509 g/mol. The quantitative estimate of drug-likeness (QED) is 0.232. The molecule has 0 bridgehead atoms. The highest BCUT2D eigenvalue weighted by Crippen LogP contribution is 2.36. The van der Waals surface area contributed by atoms with E-state index >= 15 is 0 Å². The maximum absolute atomic E-state index is 13.0. The second-order valence-electron chi connectivity index (χ2n) is 7.45. The maximum Gasteiger partial charge on any atom is 0.307 e. The van der Waals surface area contributed by atoms with Crippen LogP contribution < -0.4 is 20.2 Å². The third-order valence-electron chi connectivity index (χ3n) is 4.84. The van der Waals surface area contributed by atoms with Gasteiger partial charge in [0.05, 0.1) is 17.8 Å². The smallest absolute Gasteiger partial charge is 0.307 e. The number of nitrogens with zero attached hydrogens (tertiary/aromatic N) is 1. The predicted molar refractivity (Wildman–Crippen MR) is 134 cm³/mol. The highest BCUT2D eigenvalue weighted by Gasteiger charge is 2.15. The number of furan rings is 1. The lowest BCUT2D eigenvalue weighted by molar-refractivity contribution is -0.118. The Kier molecular flexibility index (Phi) is 7.82. The Hall–Kier alpha value is -4.37. The zero-order valence-corrected chi connectivity index (χ0v) is 19.8. The standard InChI is InChI=1S/C26H21ClFN3O5/c1-2-34-22-12-16(14-29-31-26(33)23-13-17-5-3-4-6-21(17)36-23)11-20(27)25(22)35-15-24(32)30-19-9-7-18(28)8-10-19/h3-14H,2,15H2,1H3,(H,30,32)(H,31,33)/b29-14+. The summed E-state index contributed by atoms with van der Waals surface area (Å²) in [6, 6.07) is 17.4. The molecule has 2 N–H and O–H groups in total. The highest BCUT2D eigenvalue weighted by molar-refractivity contribution is 6.32. The van der Waals surface area contributed by atoms with Crippen molar-refractivity contribution in [2.45, 2.75) is 6.92 Å². The Morgan fingerprint density at radius 3 is 2.61 bits per heavy atom. The fraction of sp³-hybridized carbons (Fsp3) is 0.115. The molecule has 0 saturated carbocycles. The van der Waals surface area contributed by atoms with Crippen LogP contribution in [0.3, 0.4) is 0 Å². The van der Waals surface area contributed by atoms with E-state index in [1.165, 1.54) is 30.5 Å². The van der Waals surface area contributed by atoms with Gasteiger partial charge in [0.15, 0.2) is 23.9 Å². The summed E-state index contributed by atoms with van der Waals surface area (Å²) >= 11 is 6.37. The SMILES string of the molecule is CCOc1cc(/C=N/NC(=O)c2cc3ccccc3o2)cc(Cl)c1OCC(=O)Nc1ccc(F)cc1. The summed E-state index contributed by atoms with van der Waals surface area (Å²) in [5, 5.41) is 7.54. The molecule has 1 heterocycles. The second-order valence-corrected chi connectivity index (χ2v) is 7.86. The van der Waals surface area contributed by atoms with Gasteiger partial charge in [0.25, 0.3) is 5.91 Å². The fourth-order valence-corrected chi connectivity index (χ4v) is 3.52. The molecule has 10 heteroatoms. The van der Waals surface area contributed by atoms with E-state index in [0.717, 1.165) is 5.39 Å². The fourth-order valence-electron chi connectivity index (χ4n) is 3.25. The second kappa shape index (κ2) is 11.4. The van der Waals surface area contributed by atoms with Gasteiger partial charge in [-0.3, -0.25) is 9.59 Å². The molecule has 0 spiro atoms. The van der Waals surface area contributed by atoms with E-state index in [9.17, 15) is 14.0 Å². The van der Waals surface area contributed by atoms with Crippen molar-refractivity contribution in [3.63, 3.8) is 0 Å². The first kappa shape index (κ1) is 24.7. The predicted octanol–water partition coefficient (Wildman–Crippen LogP) is 5.41. The molecule has 0 unspecified atom stereocenters. The lowest BCUT2D eigenvalue weighted by atomic mass is 10.2. The van der Waals surface area contributed by atoms with Crippen molar-refractivity contribution in [2.24, 2.45) is 5.10 Å². The van der Waals surface area contributed by atoms with Crippen molar-refractivity contribution in [1.82, 2.24) is 5.43 Å². The summed E-state index contributed by atoms with van der Waals surface area (Å²) in [6.07, 6.45) is 1.39. The molecule has 1 aromatic heterocycles. The zero-order chi connectivity index (χ0) is 25.5. The number of halogens is 2. The largest absolute Gasteiger partial charge is 0.490 e. The molecule has 0 radical (unpaired) electrons. The van der Waals surface area contributed by atoms with Crippen LogP contribution in [0.4, 0.5) is 10.1 Å². The number of nitrogens with one attached hydrogen (secondary N) is 2. The van der Waals surface area contributed by atoms with Crippen LogP contribution in [0.5, 0.6) is 11.5 Å². The van der Waals surface area contributed by atoms with Crippen molar-refractivity contribution >= 4 is 46.3 Å². The molecular weight excluding hydrogens is 489 g/mol. The number of hydrazone groups is 1. The van der Waals surface area contributed by atoms with E-state index in [0.29, 0.717) is 29.2 Å². The van der Waals surface area contributed by atoms with Gasteiger partial charge in [-0.05, 0) is 61.0 Å². The lowest BCUT2D eigenvalue weighted by Crippen LogP contribution is -2.20. The topological polar surface area (TPSA) is 102 Å². The lowest BCUT2D eigenvalue weighted by Gasteiger charge is -2.14. The van der Waals surface area contributed by atoms with Gasteiger partial charge in [0.1, 0.15) is 11.4 Å². The van der Waals surface area contributed by atoms with Crippen LogP contribution in [-0.2, 0) is 4.79 Å². The molecule has 4 aromatic rings. The van der Waals surface area contributed by atoms with Crippen LogP contribution in [0.2, 0.25) is 5.02 Å². The third kappa shape index (κ3) is 6.19. The number of amides is 2. The van der Waals surface area contributed by atoms with E-state index in [2.05, 4.69) is 15.8 Å². The van der Waals surface area contributed by atoms with Gasteiger partial charge >= 0.3 is 5.91 Å². The van der Waals surface area contributed by atoms with Gasteiger partial charge in [0.2, 0.25) is 0 Å². The van der Waals surface area contributed by atoms with E-state index in [4.69, 9.17) is 25.5 Å². The molecule has 2 amide bonds. The van der Waals surface area contributed by atoms with Gasteiger partial charge in [-0.15, -0.1) is 0 Å². The number of ether oxygens (including phenoxy) is 2. The number of carbonyl (C=O) groups excluding carboxylic acids is 2. The van der Waals surface area contributed by atoms with E-state index in [1.807, 2.05) is 18.2 Å².